The van der Waals surface area contributed by atoms with Gasteiger partial charge >= 0.3 is 5.97 Å². The maximum atomic E-state index is 11.7. The van der Waals surface area contributed by atoms with Crippen LogP contribution in [0.3, 0.4) is 0 Å². The van der Waals surface area contributed by atoms with Crippen molar-refractivity contribution in [2.75, 3.05) is 20.8 Å². The molecular formula is C20H23NO5. The van der Waals surface area contributed by atoms with E-state index in [1.807, 2.05) is 30.3 Å². The SMILES string of the molecule is COC(=O)c1ccc2c(c1)O[C@@](C)(O)CN(Cc1ccc(OC)cc1)C2. The smallest absolute Gasteiger partial charge is 0.337 e. The van der Waals surface area contributed by atoms with E-state index in [2.05, 4.69) is 4.90 Å². The summed E-state index contributed by atoms with van der Waals surface area (Å²) in [6.45, 7) is 3.20. The summed E-state index contributed by atoms with van der Waals surface area (Å²) in [5, 5.41) is 10.6. The number of ether oxygens (including phenoxy) is 3. The number of carbonyl (C=O) groups is 1. The number of carbonyl (C=O) groups excluding carboxylic acids is 1. The lowest BCUT2D eigenvalue weighted by atomic mass is 10.1. The van der Waals surface area contributed by atoms with Crippen molar-refractivity contribution in [3.63, 3.8) is 0 Å². The minimum Gasteiger partial charge on any atom is -0.497 e. The van der Waals surface area contributed by atoms with Crippen LogP contribution in [-0.2, 0) is 17.8 Å². The topological polar surface area (TPSA) is 68.2 Å². The van der Waals surface area contributed by atoms with E-state index in [0.717, 1.165) is 16.9 Å². The van der Waals surface area contributed by atoms with E-state index in [-0.39, 0.29) is 0 Å². The maximum absolute atomic E-state index is 11.7. The fraction of sp³-hybridized carbons (Fsp3) is 0.350. The Hall–Kier alpha value is -2.57. The summed E-state index contributed by atoms with van der Waals surface area (Å²) in [5.41, 5.74) is 2.41. The van der Waals surface area contributed by atoms with Crippen LogP contribution < -0.4 is 9.47 Å². The lowest BCUT2D eigenvalue weighted by Gasteiger charge is -2.28. The molecule has 1 atom stereocenters. The van der Waals surface area contributed by atoms with Crippen molar-refractivity contribution in [2.24, 2.45) is 0 Å². The van der Waals surface area contributed by atoms with Crippen LogP contribution in [0.25, 0.3) is 0 Å². The first-order valence-corrected chi connectivity index (χ1v) is 8.38. The summed E-state index contributed by atoms with van der Waals surface area (Å²) in [5.74, 6) is -0.502. The number of aliphatic hydroxyl groups is 1. The van der Waals surface area contributed by atoms with Crippen LogP contribution in [0.2, 0.25) is 0 Å². The number of esters is 1. The summed E-state index contributed by atoms with van der Waals surface area (Å²) >= 11 is 0. The Labute approximate surface area is 152 Å². The normalized spacial score (nSPS) is 19.8. The third-order valence-electron chi connectivity index (χ3n) is 4.29. The van der Waals surface area contributed by atoms with Crippen LogP contribution in [0.4, 0.5) is 0 Å². The van der Waals surface area contributed by atoms with Crippen molar-refractivity contribution in [3.8, 4) is 11.5 Å². The molecule has 2 aromatic rings. The number of benzene rings is 2. The highest BCUT2D eigenvalue weighted by molar-refractivity contribution is 5.89. The van der Waals surface area contributed by atoms with Gasteiger partial charge in [0.05, 0.1) is 26.3 Å². The predicted molar refractivity (Wildman–Crippen MR) is 96.1 cm³/mol. The Morgan fingerprint density at radius 2 is 1.96 bits per heavy atom. The van der Waals surface area contributed by atoms with Gasteiger partial charge in [0.1, 0.15) is 11.5 Å². The maximum Gasteiger partial charge on any atom is 0.337 e. The molecule has 6 heteroatoms. The van der Waals surface area contributed by atoms with E-state index in [9.17, 15) is 9.90 Å². The highest BCUT2D eigenvalue weighted by atomic mass is 16.6. The highest BCUT2D eigenvalue weighted by Crippen LogP contribution is 2.30. The van der Waals surface area contributed by atoms with Crippen LogP contribution >= 0.6 is 0 Å². The van der Waals surface area contributed by atoms with Gasteiger partial charge in [-0.05, 0) is 29.8 Å². The Morgan fingerprint density at radius 1 is 1.23 bits per heavy atom. The van der Waals surface area contributed by atoms with Gasteiger partial charge in [-0.3, -0.25) is 4.90 Å². The Balaban J connectivity index is 1.84. The molecule has 1 N–H and O–H groups in total. The van der Waals surface area contributed by atoms with Crippen molar-refractivity contribution in [1.82, 2.24) is 4.90 Å². The molecule has 0 unspecified atom stereocenters. The van der Waals surface area contributed by atoms with Gasteiger partial charge in [-0.2, -0.15) is 0 Å². The molecular weight excluding hydrogens is 334 g/mol. The molecule has 26 heavy (non-hydrogen) atoms. The van der Waals surface area contributed by atoms with Gasteiger partial charge in [-0.15, -0.1) is 0 Å². The lowest BCUT2D eigenvalue weighted by molar-refractivity contribution is -0.134. The highest BCUT2D eigenvalue weighted by Gasteiger charge is 2.31. The van der Waals surface area contributed by atoms with Gasteiger partial charge in [0.25, 0.3) is 0 Å². The first-order valence-electron chi connectivity index (χ1n) is 8.38. The van der Waals surface area contributed by atoms with Crippen LogP contribution in [0.15, 0.2) is 42.5 Å². The van der Waals surface area contributed by atoms with Crippen LogP contribution in [-0.4, -0.2) is 42.5 Å². The Morgan fingerprint density at radius 3 is 2.62 bits per heavy atom. The molecule has 3 rings (SSSR count). The zero-order valence-electron chi connectivity index (χ0n) is 15.2. The first kappa shape index (κ1) is 18.2. The fourth-order valence-corrected chi connectivity index (χ4v) is 3.11. The van der Waals surface area contributed by atoms with Gasteiger partial charge < -0.3 is 19.3 Å². The molecule has 0 amide bonds. The molecule has 0 bridgehead atoms. The summed E-state index contributed by atoms with van der Waals surface area (Å²) in [7, 11) is 2.97. The monoisotopic (exact) mass is 357 g/mol. The van der Waals surface area contributed by atoms with E-state index < -0.39 is 11.8 Å². The van der Waals surface area contributed by atoms with Gasteiger partial charge in [0.15, 0.2) is 0 Å². The number of fused-ring (bicyclic) bond motifs is 1. The summed E-state index contributed by atoms with van der Waals surface area (Å²) in [6, 6.07) is 13.0. The largest absolute Gasteiger partial charge is 0.497 e. The molecule has 0 radical (unpaired) electrons. The Kier molecular flexibility index (Phi) is 5.15. The molecule has 2 aromatic carbocycles. The third kappa shape index (κ3) is 4.15. The number of rotatable bonds is 4. The zero-order valence-corrected chi connectivity index (χ0v) is 15.2. The molecule has 1 aliphatic rings. The minimum absolute atomic E-state index is 0.335. The van der Waals surface area contributed by atoms with Gasteiger partial charge in [-0.25, -0.2) is 4.79 Å². The summed E-state index contributed by atoms with van der Waals surface area (Å²) in [6.07, 6.45) is 0. The van der Waals surface area contributed by atoms with Crippen LogP contribution in [0.5, 0.6) is 11.5 Å². The van der Waals surface area contributed by atoms with Crippen molar-refractivity contribution in [3.05, 3.63) is 59.2 Å². The summed E-state index contributed by atoms with van der Waals surface area (Å²) in [4.78, 5) is 13.8. The van der Waals surface area contributed by atoms with Crippen molar-refractivity contribution in [2.45, 2.75) is 25.8 Å². The van der Waals surface area contributed by atoms with E-state index >= 15 is 0 Å². The number of hydrogen-bond acceptors (Lipinski definition) is 6. The quantitative estimate of drug-likeness (QED) is 0.849. The predicted octanol–water partition coefficient (Wildman–Crippen LogP) is 2.58. The average molecular weight is 357 g/mol. The second-order valence-corrected chi connectivity index (χ2v) is 6.58. The van der Waals surface area contributed by atoms with E-state index in [0.29, 0.717) is 30.9 Å². The van der Waals surface area contributed by atoms with E-state index in [1.54, 1.807) is 26.2 Å². The van der Waals surface area contributed by atoms with Crippen LogP contribution in [0.1, 0.15) is 28.4 Å². The number of hydrogen-bond donors (Lipinski definition) is 1. The first-order chi connectivity index (χ1) is 12.4. The molecule has 1 aliphatic heterocycles. The van der Waals surface area contributed by atoms with E-state index in [1.165, 1.54) is 7.11 Å². The van der Waals surface area contributed by atoms with Gasteiger partial charge in [-0.1, -0.05) is 18.2 Å². The van der Waals surface area contributed by atoms with Gasteiger partial charge in [0.2, 0.25) is 5.79 Å². The number of β-amino-alcohol motifs (C(OH)–C–C–N with tert-alkyl or cyclic N) is 1. The zero-order chi connectivity index (χ0) is 18.7. The average Bonchev–Trinajstić information content (AvgIpc) is 2.74. The van der Waals surface area contributed by atoms with Gasteiger partial charge in [0, 0.05) is 25.6 Å². The molecule has 0 saturated carbocycles. The van der Waals surface area contributed by atoms with Crippen LogP contribution in [0, 0.1) is 0 Å². The molecule has 0 aliphatic carbocycles. The Bertz CT molecular complexity index is 785. The van der Waals surface area contributed by atoms with Crippen molar-refractivity contribution in [1.29, 1.82) is 0 Å². The van der Waals surface area contributed by atoms with Crippen molar-refractivity contribution < 1.29 is 24.1 Å². The number of methoxy groups -OCH3 is 2. The molecule has 6 nitrogen and oxygen atoms in total. The molecule has 0 spiro atoms. The van der Waals surface area contributed by atoms with E-state index in [4.69, 9.17) is 14.2 Å². The fourth-order valence-electron chi connectivity index (χ4n) is 3.11. The minimum atomic E-state index is -1.37. The third-order valence-corrected chi connectivity index (χ3v) is 4.29. The molecule has 0 fully saturated rings. The second-order valence-electron chi connectivity index (χ2n) is 6.58. The number of nitrogens with zero attached hydrogens (tertiary/aromatic N) is 1. The van der Waals surface area contributed by atoms with Crippen molar-refractivity contribution >= 4 is 5.97 Å². The lowest BCUT2D eigenvalue weighted by Crippen LogP contribution is -2.42. The summed E-state index contributed by atoms with van der Waals surface area (Å²) < 4.78 is 15.7. The standard InChI is InChI=1S/C20H23NO5/c1-20(23)13-21(11-14-4-8-17(24-2)9-5-14)12-16-7-6-15(19(22)25-3)10-18(16)26-20/h4-10,23H,11-13H2,1-3H3/t20-/m1/s1. The molecule has 138 valence electrons. The second kappa shape index (κ2) is 7.35. The molecule has 0 saturated heterocycles. The molecule has 1 heterocycles. The molecule has 0 aromatic heterocycles.